The first-order chi connectivity index (χ1) is 6.24. The zero-order valence-corrected chi connectivity index (χ0v) is 8.90. The van der Waals surface area contributed by atoms with Gasteiger partial charge in [0.05, 0.1) is 0 Å². The maximum absolute atomic E-state index is 11.6. The lowest BCUT2D eigenvalue weighted by Gasteiger charge is -2.22. The Kier molecular flexibility index (Phi) is 4.59. The Hall–Kier alpha value is -0.220. The van der Waals surface area contributed by atoms with Gasteiger partial charge in [0.2, 0.25) is 5.91 Å². The van der Waals surface area contributed by atoms with E-state index in [1.54, 1.807) is 0 Å². The molecule has 1 rings (SSSR count). The van der Waals surface area contributed by atoms with Crippen LogP contribution in [0.4, 0.5) is 0 Å². The fourth-order valence-corrected chi connectivity index (χ4v) is 2.49. The first kappa shape index (κ1) is 10.9. The van der Waals surface area contributed by atoms with Gasteiger partial charge in [-0.1, -0.05) is 0 Å². The van der Waals surface area contributed by atoms with Gasteiger partial charge in [-0.25, -0.2) is 0 Å². The second-order valence-corrected chi connectivity index (χ2v) is 4.76. The van der Waals surface area contributed by atoms with Crippen LogP contribution in [0.15, 0.2) is 0 Å². The summed E-state index contributed by atoms with van der Waals surface area (Å²) in [6, 6.07) is 0.113. The molecule has 0 aromatic heterocycles. The van der Waals surface area contributed by atoms with Crippen molar-refractivity contribution in [2.24, 2.45) is 11.7 Å². The highest BCUT2D eigenvalue weighted by atomic mass is 32.2. The Morgan fingerprint density at radius 3 is 2.77 bits per heavy atom. The second-order valence-electron chi connectivity index (χ2n) is 3.53. The van der Waals surface area contributed by atoms with Crippen LogP contribution in [0.3, 0.4) is 0 Å². The van der Waals surface area contributed by atoms with Gasteiger partial charge in [0.1, 0.15) is 0 Å². The van der Waals surface area contributed by atoms with E-state index < -0.39 is 0 Å². The highest BCUT2D eigenvalue weighted by Gasteiger charge is 2.21. The summed E-state index contributed by atoms with van der Waals surface area (Å²) < 4.78 is 0. The van der Waals surface area contributed by atoms with Crippen LogP contribution in [0.1, 0.15) is 19.8 Å². The van der Waals surface area contributed by atoms with E-state index in [1.165, 1.54) is 0 Å². The highest BCUT2D eigenvalue weighted by molar-refractivity contribution is 7.99. The number of nitrogens with one attached hydrogen (secondary N) is 1. The van der Waals surface area contributed by atoms with Gasteiger partial charge < -0.3 is 11.1 Å². The second kappa shape index (κ2) is 5.50. The van der Waals surface area contributed by atoms with Crippen LogP contribution in [0, 0.1) is 5.92 Å². The summed E-state index contributed by atoms with van der Waals surface area (Å²) in [6.45, 7) is 2.46. The quantitative estimate of drug-likeness (QED) is 0.704. The van der Waals surface area contributed by atoms with E-state index in [2.05, 4.69) is 5.32 Å². The van der Waals surface area contributed by atoms with Crippen LogP contribution in [0.5, 0.6) is 0 Å². The highest BCUT2D eigenvalue weighted by Crippen LogP contribution is 2.22. The van der Waals surface area contributed by atoms with Crippen molar-refractivity contribution in [1.82, 2.24) is 5.32 Å². The molecule has 0 bridgehead atoms. The van der Waals surface area contributed by atoms with E-state index in [1.807, 2.05) is 18.7 Å². The molecule has 3 nitrogen and oxygen atoms in total. The molecule has 1 atom stereocenters. The van der Waals surface area contributed by atoms with Crippen molar-refractivity contribution in [3.63, 3.8) is 0 Å². The molecule has 1 heterocycles. The summed E-state index contributed by atoms with van der Waals surface area (Å²) in [7, 11) is 0. The monoisotopic (exact) mass is 202 g/mol. The van der Waals surface area contributed by atoms with Crippen molar-refractivity contribution >= 4 is 17.7 Å². The summed E-state index contributed by atoms with van der Waals surface area (Å²) in [5.41, 5.74) is 5.43. The Bertz CT molecular complexity index is 169. The first-order valence-electron chi connectivity index (χ1n) is 4.82. The molecule has 0 spiro atoms. The van der Waals surface area contributed by atoms with Crippen LogP contribution in [0.25, 0.3) is 0 Å². The fourth-order valence-electron chi connectivity index (χ4n) is 1.38. The molecule has 1 saturated heterocycles. The van der Waals surface area contributed by atoms with Crippen molar-refractivity contribution in [2.75, 3.05) is 18.1 Å². The van der Waals surface area contributed by atoms with Crippen LogP contribution in [0.2, 0.25) is 0 Å². The minimum atomic E-state index is 0.113. The SMILES string of the molecule is C[C@H](CN)NC(=O)C1CCSCC1. The summed E-state index contributed by atoms with van der Waals surface area (Å²) in [6.07, 6.45) is 2.04. The largest absolute Gasteiger partial charge is 0.352 e. The van der Waals surface area contributed by atoms with Gasteiger partial charge in [-0.05, 0) is 31.3 Å². The molecule has 3 N–H and O–H groups in total. The molecule has 76 valence electrons. The standard InChI is InChI=1S/C9H18N2OS/c1-7(6-10)11-9(12)8-2-4-13-5-3-8/h7-8H,2-6,10H2,1H3,(H,11,12)/t7-/m1/s1. The van der Waals surface area contributed by atoms with Crippen molar-refractivity contribution < 1.29 is 4.79 Å². The first-order valence-corrected chi connectivity index (χ1v) is 5.97. The molecule has 0 aromatic rings. The average Bonchev–Trinajstić information content (AvgIpc) is 2.19. The Labute approximate surface area is 83.8 Å². The third kappa shape index (κ3) is 3.56. The summed E-state index contributed by atoms with van der Waals surface area (Å²) in [5.74, 6) is 2.66. The predicted octanol–water partition coefficient (Wildman–Crippen LogP) is 0.593. The molecule has 4 heteroatoms. The van der Waals surface area contributed by atoms with Gasteiger partial charge in [-0.3, -0.25) is 4.79 Å². The smallest absolute Gasteiger partial charge is 0.223 e. The molecule has 1 aliphatic heterocycles. The molecule has 13 heavy (non-hydrogen) atoms. The number of rotatable bonds is 3. The molecular formula is C9H18N2OS. The van der Waals surface area contributed by atoms with Crippen LogP contribution in [-0.2, 0) is 4.79 Å². The Morgan fingerprint density at radius 2 is 2.23 bits per heavy atom. The van der Waals surface area contributed by atoms with Gasteiger partial charge in [-0.2, -0.15) is 11.8 Å². The van der Waals surface area contributed by atoms with Crippen LogP contribution in [-0.4, -0.2) is 30.0 Å². The van der Waals surface area contributed by atoms with E-state index >= 15 is 0 Å². The number of amides is 1. The summed E-state index contributed by atoms with van der Waals surface area (Å²) in [5, 5.41) is 2.93. The summed E-state index contributed by atoms with van der Waals surface area (Å²) in [4.78, 5) is 11.6. The van der Waals surface area contributed by atoms with Crippen molar-refractivity contribution in [1.29, 1.82) is 0 Å². The van der Waals surface area contributed by atoms with E-state index in [4.69, 9.17) is 5.73 Å². The zero-order valence-electron chi connectivity index (χ0n) is 8.08. The lowest BCUT2D eigenvalue weighted by atomic mass is 10.0. The number of hydrogen-bond acceptors (Lipinski definition) is 3. The zero-order chi connectivity index (χ0) is 9.68. The van der Waals surface area contributed by atoms with E-state index in [-0.39, 0.29) is 17.9 Å². The maximum Gasteiger partial charge on any atom is 0.223 e. The molecule has 0 saturated carbocycles. The Balaban J connectivity index is 2.29. The molecular weight excluding hydrogens is 184 g/mol. The maximum atomic E-state index is 11.6. The van der Waals surface area contributed by atoms with E-state index in [9.17, 15) is 4.79 Å². The molecule has 1 amide bonds. The van der Waals surface area contributed by atoms with Crippen LogP contribution >= 0.6 is 11.8 Å². The van der Waals surface area contributed by atoms with Crippen molar-refractivity contribution in [3.8, 4) is 0 Å². The van der Waals surface area contributed by atoms with Gasteiger partial charge >= 0.3 is 0 Å². The molecule has 0 radical (unpaired) electrons. The van der Waals surface area contributed by atoms with Gasteiger partial charge in [-0.15, -0.1) is 0 Å². The topological polar surface area (TPSA) is 55.1 Å². The predicted molar refractivity (Wildman–Crippen MR) is 56.7 cm³/mol. The average molecular weight is 202 g/mol. The number of carbonyl (C=O) groups is 1. The molecule has 0 unspecified atom stereocenters. The van der Waals surface area contributed by atoms with Crippen molar-refractivity contribution in [2.45, 2.75) is 25.8 Å². The molecule has 0 aliphatic carbocycles. The number of hydrogen-bond donors (Lipinski definition) is 2. The number of thioether (sulfide) groups is 1. The minimum Gasteiger partial charge on any atom is -0.352 e. The van der Waals surface area contributed by atoms with E-state index in [0.717, 1.165) is 24.3 Å². The Morgan fingerprint density at radius 1 is 1.62 bits per heavy atom. The van der Waals surface area contributed by atoms with E-state index in [0.29, 0.717) is 6.54 Å². The normalized spacial score (nSPS) is 21.1. The number of nitrogens with two attached hydrogens (primary N) is 1. The van der Waals surface area contributed by atoms with Gasteiger partial charge in [0, 0.05) is 18.5 Å². The lowest BCUT2D eigenvalue weighted by molar-refractivity contribution is -0.125. The lowest BCUT2D eigenvalue weighted by Crippen LogP contribution is -2.42. The number of carbonyl (C=O) groups excluding carboxylic acids is 1. The third-order valence-electron chi connectivity index (χ3n) is 2.33. The molecule has 1 fully saturated rings. The molecule has 1 aliphatic rings. The minimum absolute atomic E-state index is 0.113. The third-order valence-corrected chi connectivity index (χ3v) is 3.38. The van der Waals surface area contributed by atoms with Gasteiger partial charge in [0.15, 0.2) is 0 Å². The molecule has 0 aromatic carbocycles. The van der Waals surface area contributed by atoms with Crippen LogP contribution < -0.4 is 11.1 Å². The van der Waals surface area contributed by atoms with Gasteiger partial charge in [0.25, 0.3) is 0 Å². The summed E-state index contributed by atoms with van der Waals surface area (Å²) >= 11 is 1.94. The van der Waals surface area contributed by atoms with Crippen molar-refractivity contribution in [3.05, 3.63) is 0 Å². The fraction of sp³-hybridized carbons (Fsp3) is 0.889.